The number of sulfone groups is 1. The lowest BCUT2D eigenvalue weighted by Gasteiger charge is -2.24. The summed E-state index contributed by atoms with van der Waals surface area (Å²) in [4.78, 5) is 12.0. The lowest BCUT2D eigenvalue weighted by molar-refractivity contribution is -0.153. The molecule has 1 aliphatic rings. The second-order valence-electron chi connectivity index (χ2n) is 6.20. The van der Waals surface area contributed by atoms with Gasteiger partial charge >= 0.3 is 6.18 Å². The molecule has 6 nitrogen and oxygen atoms in total. The van der Waals surface area contributed by atoms with E-state index in [1.54, 1.807) is 13.0 Å². The van der Waals surface area contributed by atoms with Crippen molar-refractivity contribution in [1.29, 1.82) is 0 Å². The van der Waals surface area contributed by atoms with Crippen molar-refractivity contribution in [2.75, 3.05) is 30.0 Å². The van der Waals surface area contributed by atoms with E-state index < -0.39 is 34.1 Å². The molecule has 140 valence electrons. The van der Waals surface area contributed by atoms with E-state index in [0.717, 1.165) is 0 Å². The molecule has 2 N–H and O–H groups in total. The molecular weight excluding hydrogens is 361 g/mol. The Morgan fingerprint density at radius 2 is 2.00 bits per heavy atom. The molecule has 1 heterocycles. The van der Waals surface area contributed by atoms with Crippen LogP contribution in [0.15, 0.2) is 24.3 Å². The number of carbonyl (C=O) groups is 1. The smallest absolute Gasteiger partial charge is 0.422 e. The summed E-state index contributed by atoms with van der Waals surface area (Å²) >= 11 is 0. The first kappa shape index (κ1) is 19.4. The van der Waals surface area contributed by atoms with Gasteiger partial charge in [-0.1, -0.05) is 12.1 Å². The maximum absolute atomic E-state index is 12.3. The summed E-state index contributed by atoms with van der Waals surface area (Å²) in [5, 5.41) is 5.36. The van der Waals surface area contributed by atoms with E-state index in [-0.39, 0.29) is 29.5 Å². The normalized spacial score (nSPS) is 22.4. The molecule has 0 aromatic heterocycles. The Labute approximate surface area is 143 Å². The highest BCUT2D eigenvalue weighted by atomic mass is 32.2. The summed E-state index contributed by atoms with van der Waals surface area (Å²) in [5.41, 5.74) is -0.588. The predicted molar refractivity (Wildman–Crippen MR) is 86.3 cm³/mol. The summed E-state index contributed by atoms with van der Waals surface area (Å²) in [5.74, 6) is -0.588. The molecule has 0 aliphatic carbocycles. The number of halogens is 3. The van der Waals surface area contributed by atoms with Gasteiger partial charge in [0.25, 0.3) is 0 Å². The summed E-state index contributed by atoms with van der Waals surface area (Å²) in [6, 6.07) is 5.95. The standard InChI is InChI=1S/C15H19F3N2O4S/c1-14(6-7-25(22,23)10-14)20-13(21)8-19-11-4-2-3-5-12(11)24-9-15(16,17)18/h2-5,19H,6-10H2,1H3,(H,20,21). The second-order valence-corrected chi connectivity index (χ2v) is 8.39. The van der Waals surface area contributed by atoms with Crippen molar-refractivity contribution in [2.24, 2.45) is 0 Å². The highest BCUT2D eigenvalue weighted by Gasteiger charge is 2.39. The van der Waals surface area contributed by atoms with Crippen molar-refractivity contribution >= 4 is 21.4 Å². The highest BCUT2D eigenvalue weighted by Crippen LogP contribution is 2.26. The van der Waals surface area contributed by atoms with Crippen LogP contribution >= 0.6 is 0 Å². The molecule has 1 aromatic rings. The van der Waals surface area contributed by atoms with Crippen LogP contribution in [0, 0.1) is 0 Å². The van der Waals surface area contributed by atoms with Gasteiger partial charge in [-0.15, -0.1) is 0 Å². The zero-order chi connectivity index (χ0) is 18.7. The molecule has 1 atom stereocenters. The van der Waals surface area contributed by atoms with Crippen LogP contribution in [0.5, 0.6) is 5.75 Å². The van der Waals surface area contributed by atoms with Crippen LogP contribution in [-0.4, -0.2) is 50.7 Å². The molecule has 0 radical (unpaired) electrons. The minimum Gasteiger partial charge on any atom is -0.482 e. The summed E-state index contributed by atoms with van der Waals surface area (Å²) in [7, 11) is -3.16. The van der Waals surface area contributed by atoms with Crippen molar-refractivity contribution in [1.82, 2.24) is 5.32 Å². The molecule has 10 heteroatoms. The number of anilines is 1. The van der Waals surface area contributed by atoms with E-state index >= 15 is 0 Å². The van der Waals surface area contributed by atoms with Crippen LogP contribution in [0.1, 0.15) is 13.3 Å². The molecule has 1 amide bonds. The van der Waals surface area contributed by atoms with E-state index in [9.17, 15) is 26.4 Å². The number of hydrogen-bond acceptors (Lipinski definition) is 5. The summed E-state index contributed by atoms with van der Waals surface area (Å²) in [6.45, 7) is -0.00825. The van der Waals surface area contributed by atoms with Crippen molar-refractivity contribution in [2.45, 2.75) is 25.1 Å². The van der Waals surface area contributed by atoms with Crippen molar-refractivity contribution in [3.05, 3.63) is 24.3 Å². The van der Waals surface area contributed by atoms with Crippen LogP contribution in [0.3, 0.4) is 0 Å². The molecule has 2 rings (SSSR count). The Balaban J connectivity index is 1.92. The lowest BCUT2D eigenvalue weighted by Crippen LogP contribution is -2.48. The Hall–Kier alpha value is -1.97. The SMILES string of the molecule is CC1(NC(=O)CNc2ccccc2OCC(F)(F)F)CCS(=O)(=O)C1. The van der Waals surface area contributed by atoms with E-state index in [1.807, 2.05) is 0 Å². The molecule has 1 aromatic carbocycles. The van der Waals surface area contributed by atoms with Crippen LogP contribution in [0.25, 0.3) is 0 Å². The van der Waals surface area contributed by atoms with Gasteiger partial charge in [0.05, 0.1) is 29.3 Å². The van der Waals surface area contributed by atoms with Gasteiger partial charge in [-0.25, -0.2) is 8.42 Å². The number of para-hydroxylation sites is 2. The van der Waals surface area contributed by atoms with Gasteiger partial charge < -0.3 is 15.4 Å². The number of ether oxygens (including phenoxy) is 1. The quantitative estimate of drug-likeness (QED) is 0.785. The molecule has 0 spiro atoms. The maximum Gasteiger partial charge on any atom is 0.422 e. The molecule has 1 aliphatic heterocycles. The Morgan fingerprint density at radius 1 is 1.32 bits per heavy atom. The minimum absolute atomic E-state index is 0.0192. The minimum atomic E-state index is -4.47. The number of nitrogens with one attached hydrogen (secondary N) is 2. The fraction of sp³-hybridized carbons (Fsp3) is 0.533. The van der Waals surface area contributed by atoms with Crippen LogP contribution in [-0.2, 0) is 14.6 Å². The molecule has 1 saturated heterocycles. The number of hydrogen-bond donors (Lipinski definition) is 2. The fourth-order valence-electron chi connectivity index (χ4n) is 2.56. The molecule has 0 bridgehead atoms. The topological polar surface area (TPSA) is 84.5 Å². The van der Waals surface area contributed by atoms with Crippen LogP contribution in [0.2, 0.25) is 0 Å². The van der Waals surface area contributed by atoms with Gasteiger partial charge in [-0.2, -0.15) is 13.2 Å². The summed E-state index contributed by atoms with van der Waals surface area (Å²) in [6.07, 6.45) is -4.14. The van der Waals surface area contributed by atoms with Gasteiger partial charge in [-0.05, 0) is 25.5 Å². The fourth-order valence-corrected chi connectivity index (χ4v) is 4.66. The number of rotatable bonds is 6. The van der Waals surface area contributed by atoms with E-state index in [4.69, 9.17) is 4.74 Å². The second kappa shape index (κ2) is 7.11. The molecular formula is C15H19F3N2O4S. The number of carbonyl (C=O) groups excluding carboxylic acids is 1. The molecule has 0 saturated carbocycles. The lowest BCUT2D eigenvalue weighted by atomic mass is 10.0. The van der Waals surface area contributed by atoms with E-state index in [2.05, 4.69) is 10.6 Å². The first-order chi connectivity index (χ1) is 11.5. The van der Waals surface area contributed by atoms with E-state index in [0.29, 0.717) is 6.42 Å². The van der Waals surface area contributed by atoms with Gasteiger partial charge in [-0.3, -0.25) is 4.79 Å². The largest absolute Gasteiger partial charge is 0.482 e. The Bertz CT molecular complexity index is 737. The Morgan fingerprint density at radius 3 is 2.60 bits per heavy atom. The van der Waals surface area contributed by atoms with Gasteiger partial charge in [0, 0.05) is 0 Å². The monoisotopic (exact) mass is 380 g/mol. The summed E-state index contributed by atoms with van der Waals surface area (Å²) < 4.78 is 64.6. The van der Waals surface area contributed by atoms with Crippen molar-refractivity contribution < 1.29 is 31.1 Å². The molecule has 25 heavy (non-hydrogen) atoms. The van der Waals surface area contributed by atoms with Crippen LogP contribution in [0.4, 0.5) is 18.9 Å². The van der Waals surface area contributed by atoms with Gasteiger partial charge in [0.15, 0.2) is 16.4 Å². The average Bonchev–Trinajstić information content (AvgIpc) is 2.76. The number of benzene rings is 1. The average molecular weight is 380 g/mol. The third kappa shape index (κ3) is 6.11. The number of amides is 1. The van der Waals surface area contributed by atoms with Crippen molar-refractivity contribution in [3.63, 3.8) is 0 Å². The first-order valence-electron chi connectivity index (χ1n) is 7.52. The zero-order valence-electron chi connectivity index (χ0n) is 13.5. The maximum atomic E-state index is 12.3. The van der Waals surface area contributed by atoms with Gasteiger partial charge in [0.2, 0.25) is 5.91 Å². The predicted octanol–water partition coefficient (Wildman–Crippen LogP) is 1.73. The highest BCUT2D eigenvalue weighted by molar-refractivity contribution is 7.91. The Kier molecular flexibility index (Phi) is 5.50. The zero-order valence-corrected chi connectivity index (χ0v) is 14.3. The van der Waals surface area contributed by atoms with Crippen LogP contribution < -0.4 is 15.4 Å². The molecule has 1 fully saturated rings. The molecule has 1 unspecified atom stereocenters. The number of alkyl halides is 3. The van der Waals surface area contributed by atoms with Crippen molar-refractivity contribution in [3.8, 4) is 5.75 Å². The third-order valence-corrected chi connectivity index (χ3v) is 5.57. The first-order valence-corrected chi connectivity index (χ1v) is 9.34. The van der Waals surface area contributed by atoms with Gasteiger partial charge in [0.1, 0.15) is 5.75 Å². The van der Waals surface area contributed by atoms with E-state index in [1.165, 1.54) is 18.2 Å². The third-order valence-electron chi connectivity index (χ3n) is 3.66.